The number of thioether (sulfide) groups is 1. The summed E-state index contributed by atoms with van der Waals surface area (Å²) in [5, 5.41) is 13.2. The van der Waals surface area contributed by atoms with Crippen LogP contribution in [0.3, 0.4) is 0 Å². The highest BCUT2D eigenvalue weighted by Gasteiger charge is 2.40. The van der Waals surface area contributed by atoms with Crippen LogP contribution < -0.4 is 11.1 Å². The van der Waals surface area contributed by atoms with Gasteiger partial charge in [0.05, 0.1) is 0 Å². The molecular weight excluding hydrogens is 208 g/mol. The normalized spacial score (nSPS) is 33.2. The summed E-state index contributed by atoms with van der Waals surface area (Å²) in [5.74, 6) is 1.20. The maximum atomic E-state index is 8.99. The van der Waals surface area contributed by atoms with E-state index in [2.05, 4.69) is 19.2 Å². The number of hydrogen-bond donors (Lipinski definition) is 3. The molecule has 1 rings (SSSR count). The van der Waals surface area contributed by atoms with Crippen molar-refractivity contribution in [2.45, 2.75) is 49.9 Å². The highest BCUT2D eigenvalue weighted by molar-refractivity contribution is 8.00. The Morgan fingerprint density at radius 2 is 2.40 bits per heavy atom. The van der Waals surface area contributed by atoms with Crippen molar-refractivity contribution in [1.29, 1.82) is 0 Å². The van der Waals surface area contributed by atoms with Crippen LogP contribution in [0, 0.1) is 0 Å². The lowest BCUT2D eigenvalue weighted by molar-refractivity contribution is 0.226. The Morgan fingerprint density at radius 3 is 2.80 bits per heavy atom. The summed E-state index contributed by atoms with van der Waals surface area (Å²) >= 11 is 1.99. The molecule has 1 saturated heterocycles. The van der Waals surface area contributed by atoms with E-state index in [1.807, 2.05) is 11.8 Å². The minimum atomic E-state index is 0.0977. The van der Waals surface area contributed by atoms with Gasteiger partial charge in [-0.2, -0.15) is 11.8 Å². The van der Waals surface area contributed by atoms with Crippen LogP contribution in [-0.2, 0) is 0 Å². The first kappa shape index (κ1) is 13.3. The Kier molecular flexibility index (Phi) is 5.39. The Balaban J connectivity index is 2.58. The maximum absolute atomic E-state index is 8.99. The van der Waals surface area contributed by atoms with Crippen molar-refractivity contribution in [3.63, 3.8) is 0 Å². The second kappa shape index (κ2) is 6.09. The summed E-state index contributed by atoms with van der Waals surface area (Å²) in [5.41, 5.74) is 6.02. The van der Waals surface area contributed by atoms with Crippen molar-refractivity contribution >= 4 is 11.8 Å². The number of aliphatic hydroxyl groups is 1. The van der Waals surface area contributed by atoms with Crippen LogP contribution >= 0.6 is 11.8 Å². The van der Waals surface area contributed by atoms with Gasteiger partial charge in [0, 0.05) is 30.0 Å². The number of nitrogens with two attached hydrogens (primary N) is 1. The fourth-order valence-electron chi connectivity index (χ4n) is 2.24. The Bertz CT molecular complexity index is 191. The van der Waals surface area contributed by atoms with Gasteiger partial charge in [-0.15, -0.1) is 0 Å². The van der Waals surface area contributed by atoms with Crippen LogP contribution in [-0.4, -0.2) is 40.8 Å². The Hall–Kier alpha value is 0.230. The first-order valence-corrected chi connectivity index (χ1v) is 6.93. The zero-order valence-electron chi connectivity index (χ0n) is 9.83. The van der Waals surface area contributed by atoms with Crippen molar-refractivity contribution in [2.75, 3.05) is 18.9 Å². The molecule has 0 aromatic carbocycles. The van der Waals surface area contributed by atoms with E-state index in [1.165, 1.54) is 5.75 Å². The number of hydrogen-bond acceptors (Lipinski definition) is 4. The molecule has 0 spiro atoms. The van der Waals surface area contributed by atoms with Gasteiger partial charge in [0.15, 0.2) is 0 Å². The summed E-state index contributed by atoms with van der Waals surface area (Å²) in [6.07, 6.45) is 3.03. The lowest BCUT2D eigenvalue weighted by Crippen LogP contribution is -2.58. The average Bonchev–Trinajstić information content (AvgIpc) is 2.60. The molecule has 1 aliphatic rings. The lowest BCUT2D eigenvalue weighted by atomic mass is 9.91. The van der Waals surface area contributed by atoms with Gasteiger partial charge in [0.2, 0.25) is 0 Å². The molecule has 4 N–H and O–H groups in total. The van der Waals surface area contributed by atoms with E-state index < -0.39 is 0 Å². The summed E-state index contributed by atoms with van der Waals surface area (Å²) in [6, 6.07) is 0.402. The molecule has 0 aromatic rings. The van der Waals surface area contributed by atoms with E-state index in [4.69, 9.17) is 10.8 Å². The summed E-state index contributed by atoms with van der Waals surface area (Å²) in [4.78, 5) is 0. The minimum absolute atomic E-state index is 0.0977. The van der Waals surface area contributed by atoms with Crippen LogP contribution in [0.2, 0.25) is 0 Å². The summed E-state index contributed by atoms with van der Waals surface area (Å²) in [6.45, 7) is 5.37. The molecular formula is C11H24N2OS. The third-order valence-corrected chi connectivity index (χ3v) is 4.91. The Morgan fingerprint density at radius 1 is 1.67 bits per heavy atom. The molecule has 0 bridgehead atoms. The number of rotatable bonds is 6. The number of nitrogens with one attached hydrogen (secondary N) is 1. The molecule has 90 valence electrons. The molecule has 3 unspecified atom stereocenters. The molecule has 15 heavy (non-hydrogen) atoms. The standard InChI is InChI=1S/C11H24N2OS/c1-3-10(4-6-14)13-11(8-12)5-7-15-9(11)2/h9-10,13-14H,3-8,12H2,1-2H3. The molecule has 4 heteroatoms. The predicted molar refractivity (Wildman–Crippen MR) is 67.2 cm³/mol. The van der Waals surface area contributed by atoms with E-state index in [9.17, 15) is 0 Å². The van der Waals surface area contributed by atoms with Crippen LogP contribution in [0.5, 0.6) is 0 Å². The van der Waals surface area contributed by atoms with Gasteiger partial charge in [0.1, 0.15) is 0 Å². The molecule has 0 aromatic heterocycles. The van der Waals surface area contributed by atoms with Crippen molar-refractivity contribution in [3.05, 3.63) is 0 Å². The lowest BCUT2D eigenvalue weighted by Gasteiger charge is -2.36. The highest BCUT2D eigenvalue weighted by Crippen LogP contribution is 2.35. The van der Waals surface area contributed by atoms with Crippen molar-refractivity contribution in [3.8, 4) is 0 Å². The molecule has 3 nitrogen and oxygen atoms in total. The molecule has 1 fully saturated rings. The minimum Gasteiger partial charge on any atom is -0.396 e. The van der Waals surface area contributed by atoms with Crippen molar-refractivity contribution in [1.82, 2.24) is 5.32 Å². The fourth-order valence-corrected chi connectivity index (χ4v) is 3.67. The van der Waals surface area contributed by atoms with E-state index in [1.54, 1.807) is 0 Å². The molecule has 0 saturated carbocycles. The molecule has 0 amide bonds. The van der Waals surface area contributed by atoms with E-state index in [-0.39, 0.29) is 12.1 Å². The molecule has 3 atom stereocenters. The zero-order chi connectivity index (χ0) is 11.3. The molecule has 1 aliphatic heterocycles. The van der Waals surface area contributed by atoms with Gasteiger partial charge in [-0.1, -0.05) is 13.8 Å². The van der Waals surface area contributed by atoms with Gasteiger partial charge in [-0.05, 0) is 25.0 Å². The van der Waals surface area contributed by atoms with Gasteiger partial charge in [-0.3, -0.25) is 0 Å². The molecule has 0 radical (unpaired) electrons. The maximum Gasteiger partial charge on any atom is 0.0445 e. The largest absolute Gasteiger partial charge is 0.396 e. The van der Waals surface area contributed by atoms with Gasteiger partial charge < -0.3 is 16.2 Å². The fraction of sp³-hybridized carbons (Fsp3) is 1.00. The first-order valence-electron chi connectivity index (χ1n) is 5.88. The number of aliphatic hydroxyl groups excluding tert-OH is 1. The molecule has 0 aliphatic carbocycles. The van der Waals surface area contributed by atoms with Crippen molar-refractivity contribution in [2.24, 2.45) is 5.73 Å². The predicted octanol–water partition coefficient (Wildman–Crippen LogP) is 0.960. The van der Waals surface area contributed by atoms with E-state index >= 15 is 0 Å². The average molecular weight is 232 g/mol. The second-order valence-corrected chi connectivity index (χ2v) is 5.83. The van der Waals surface area contributed by atoms with Gasteiger partial charge >= 0.3 is 0 Å². The molecule has 1 heterocycles. The smallest absolute Gasteiger partial charge is 0.0445 e. The highest BCUT2D eigenvalue weighted by atomic mass is 32.2. The topological polar surface area (TPSA) is 58.3 Å². The third kappa shape index (κ3) is 3.09. The zero-order valence-corrected chi connectivity index (χ0v) is 10.6. The summed E-state index contributed by atoms with van der Waals surface area (Å²) < 4.78 is 0. The van der Waals surface area contributed by atoms with Crippen LogP contribution in [0.1, 0.15) is 33.1 Å². The first-order chi connectivity index (χ1) is 7.18. The monoisotopic (exact) mass is 232 g/mol. The van der Waals surface area contributed by atoms with E-state index in [0.29, 0.717) is 17.8 Å². The van der Waals surface area contributed by atoms with Crippen molar-refractivity contribution < 1.29 is 5.11 Å². The SMILES string of the molecule is CCC(CCO)NC1(CN)CCSC1C. The van der Waals surface area contributed by atoms with Crippen LogP contribution in [0.15, 0.2) is 0 Å². The van der Waals surface area contributed by atoms with Crippen LogP contribution in [0.25, 0.3) is 0 Å². The van der Waals surface area contributed by atoms with E-state index in [0.717, 1.165) is 19.3 Å². The van der Waals surface area contributed by atoms with Crippen LogP contribution in [0.4, 0.5) is 0 Å². The third-order valence-electron chi connectivity index (χ3n) is 3.52. The Labute approximate surface area is 97.2 Å². The summed E-state index contributed by atoms with van der Waals surface area (Å²) in [7, 11) is 0. The quantitative estimate of drug-likeness (QED) is 0.638. The van der Waals surface area contributed by atoms with Gasteiger partial charge in [-0.25, -0.2) is 0 Å². The van der Waals surface area contributed by atoms with Gasteiger partial charge in [0.25, 0.3) is 0 Å². The second-order valence-electron chi connectivity index (χ2n) is 4.39.